The van der Waals surface area contributed by atoms with Crippen molar-refractivity contribution in [3.63, 3.8) is 0 Å². The molecule has 2 N–H and O–H groups in total. The second-order valence-electron chi connectivity index (χ2n) is 5.36. The molecular weight excluding hydrogens is 381 g/mol. The zero-order chi connectivity index (χ0) is 20.5. The van der Waals surface area contributed by atoms with Crippen LogP contribution >= 0.6 is 0 Å². The summed E-state index contributed by atoms with van der Waals surface area (Å²) >= 11 is 0. The highest BCUT2D eigenvalue weighted by atomic mass is 19.4. The van der Waals surface area contributed by atoms with Gasteiger partial charge in [0.1, 0.15) is 5.75 Å². The number of carbonyl (C=O) groups excluding carboxylic acids is 1. The van der Waals surface area contributed by atoms with Crippen LogP contribution in [0.2, 0.25) is 0 Å². The minimum atomic E-state index is -4.75. The largest absolute Gasteiger partial charge is 0.497 e. The lowest BCUT2D eigenvalue weighted by molar-refractivity contribution is -0.141. The summed E-state index contributed by atoms with van der Waals surface area (Å²) in [5, 5.41) is 3.73. The molecule has 12 heteroatoms. The molecule has 28 heavy (non-hydrogen) atoms. The van der Waals surface area contributed by atoms with Gasteiger partial charge in [-0.2, -0.15) is 22.8 Å². The summed E-state index contributed by atoms with van der Waals surface area (Å²) < 4.78 is 50.2. The first kappa shape index (κ1) is 19.1. The van der Waals surface area contributed by atoms with Crippen molar-refractivity contribution in [3.8, 4) is 23.0 Å². The van der Waals surface area contributed by atoms with Gasteiger partial charge >= 0.3 is 12.1 Å². The van der Waals surface area contributed by atoms with Gasteiger partial charge in [-0.05, 0) is 30.3 Å². The predicted octanol–water partition coefficient (Wildman–Crippen LogP) is 2.12. The summed E-state index contributed by atoms with van der Waals surface area (Å²) in [4.78, 5) is 22.7. The van der Waals surface area contributed by atoms with E-state index >= 15 is 0 Å². The van der Waals surface area contributed by atoms with Crippen molar-refractivity contribution in [3.05, 3.63) is 41.9 Å². The summed E-state index contributed by atoms with van der Waals surface area (Å²) in [5.41, 5.74) is 4.79. The maximum absolute atomic E-state index is 13.3. The van der Waals surface area contributed by atoms with E-state index in [1.807, 2.05) is 0 Å². The van der Waals surface area contributed by atoms with Gasteiger partial charge in [0.2, 0.25) is 5.95 Å². The number of halogens is 3. The predicted molar refractivity (Wildman–Crippen MR) is 89.7 cm³/mol. The third kappa shape index (κ3) is 3.70. The standard InChI is InChI=1S/C16H13F3N6O3/c1-27-9-5-3-8(4-6-9)10-7-11(16(17,18)19)22-15(21-10)25-14(20)23-12(24-25)13(26)28-2/h3-7H,1-2H3,(H2,20,23,24). The van der Waals surface area contributed by atoms with Crippen molar-refractivity contribution in [1.82, 2.24) is 24.7 Å². The Bertz CT molecular complexity index is 1020. The van der Waals surface area contributed by atoms with Gasteiger partial charge in [-0.1, -0.05) is 0 Å². The zero-order valence-corrected chi connectivity index (χ0v) is 14.6. The number of alkyl halides is 3. The molecule has 0 aliphatic heterocycles. The quantitative estimate of drug-likeness (QED) is 0.669. The molecule has 0 aliphatic rings. The molecule has 3 aromatic rings. The fourth-order valence-electron chi connectivity index (χ4n) is 2.23. The van der Waals surface area contributed by atoms with Gasteiger partial charge in [0, 0.05) is 5.56 Å². The molecule has 0 saturated heterocycles. The Labute approximate surface area is 155 Å². The number of methoxy groups -OCH3 is 2. The van der Waals surface area contributed by atoms with Crippen LogP contribution in [0.15, 0.2) is 30.3 Å². The molecule has 0 aliphatic carbocycles. The number of rotatable bonds is 4. The molecule has 1 aromatic carbocycles. The SMILES string of the molecule is COC(=O)c1nc(N)n(-c2nc(-c3ccc(OC)cc3)cc(C(F)(F)F)n2)n1. The van der Waals surface area contributed by atoms with Crippen LogP contribution in [0.1, 0.15) is 16.3 Å². The second-order valence-corrected chi connectivity index (χ2v) is 5.36. The second kappa shape index (κ2) is 7.13. The van der Waals surface area contributed by atoms with Gasteiger partial charge in [-0.3, -0.25) is 0 Å². The van der Waals surface area contributed by atoms with E-state index in [1.54, 1.807) is 12.1 Å². The van der Waals surface area contributed by atoms with Crippen LogP contribution in [0, 0.1) is 0 Å². The molecule has 0 radical (unpaired) electrons. The fourth-order valence-corrected chi connectivity index (χ4v) is 2.23. The van der Waals surface area contributed by atoms with Gasteiger partial charge < -0.3 is 15.2 Å². The number of carbonyl (C=O) groups is 1. The highest BCUT2D eigenvalue weighted by Crippen LogP contribution is 2.31. The molecule has 0 fully saturated rings. The molecule has 3 rings (SSSR count). The maximum Gasteiger partial charge on any atom is 0.433 e. The van der Waals surface area contributed by atoms with Crippen LogP contribution in [0.25, 0.3) is 17.2 Å². The van der Waals surface area contributed by atoms with Crippen LogP contribution in [0.4, 0.5) is 19.1 Å². The van der Waals surface area contributed by atoms with Gasteiger partial charge in [0.25, 0.3) is 11.8 Å². The molecule has 0 bridgehead atoms. The number of aromatic nitrogens is 5. The lowest BCUT2D eigenvalue weighted by atomic mass is 10.1. The van der Waals surface area contributed by atoms with E-state index < -0.39 is 29.6 Å². The number of anilines is 1. The van der Waals surface area contributed by atoms with Gasteiger partial charge in [0.05, 0.1) is 19.9 Å². The van der Waals surface area contributed by atoms with Gasteiger partial charge in [0.15, 0.2) is 5.69 Å². The average molecular weight is 394 g/mol. The number of hydrogen-bond donors (Lipinski definition) is 1. The summed E-state index contributed by atoms with van der Waals surface area (Å²) in [6, 6.07) is 7.01. The zero-order valence-electron chi connectivity index (χ0n) is 14.6. The van der Waals surface area contributed by atoms with Gasteiger partial charge in [-0.15, -0.1) is 5.10 Å². The van der Waals surface area contributed by atoms with E-state index in [2.05, 4.69) is 24.8 Å². The Morgan fingerprint density at radius 3 is 2.36 bits per heavy atom. The minimum absolute atomic E-state index is 0.0329. The van der Waals surface area contributed by atoms with Crippen LogP contribution in [0.5, 0.6) is 5.75 Å². The molecular formula is C16H13F3N6O3. The van der Waals surface area contributed by atoms with Crippen molar-refractivity contribution in [2.24, 2.45) is 0 Å². The molecule has 0 spiro atoms. The van der Waals surface area contributed by atoms with E-state index in [1.165, 1.54) is 19.2 Å². The van der Waals surface area contributed by atoms with Gasteiger partial charge in [-0.25, -0.2) is 14.8 Å². The summed E-state index contributed by atoms with van der Waals surface area (Å²) in [5.74, 6) is -1.70. The molecule has 0 unspecified atom stereocenters. The van der Waals surface area contributed by atoms with E-state index in [0.29, 0.717) is 11.3 Å². The molecule has 0 atom stereocenters. The van der Waals surface area contributed by atoms with Crippen molar-refractivity contribution < 1.29 is 27.4 Å². The minimum Gasteiger partial charge on any atom is -0.497 e. The first-order valence-corrected chi connectivity index (χ1v) is 7.65. The van der Waals surface area contributed by atoms with E-state index in [-0.39, 0.29) is 11.6 Å². The highest BCUT2D eigenvalue weighted by Gasteiger charge is 2.34. The van der Waals surface area contributed by atoms with Crippen molar-refractivity contribution in [1.29, 1.82) is 0 Å². The number of benzene rings is 1. The number of nitrogens with two attached hydrogens (primary N) is 1. The van der Waals surface area contributed by atoms with Crippen molar-refractivity contribution in [2.75, 3.05) is 20.0 Å². The number of hydrogen-bond acceptors (Lipinski definition) is 8. The van der Waals surface area contributed by atoms with Crippen molar-refractivity contribution >= 4 is 11.9 Å². The Hall–Kier alpha value is -3.70. The fraction of sp³-hybridized carbons (Fsp3) is 0.188. The highest BCUT2D eigenvalue weighted by molar-refractivity contribution is 5.85. The molecule has 146 valence electrons. The average Bonchev–Trinajstić information content (AvgIpc) is 3.08. The molecule has 9 nitrogen and oxygen atoms in total. The molecule has 2 heterocycles. The number of nitrogens with zero attached hydrogens (tertiary/aromatic N) is 5. The van der Waals surface area contributed by atoms with Crippen LogP contribution < -0.4 is 10.5 Å². The Morgan fingerprint density at radius 2 is 1.79 bits per heavy atom. The Balaban J connectivity index is 2.16. The van der Waals surface area contributed by atoms with E-state index in [0.717, 1.165) is 17.9 Å². The van der Waals surface area contributed by atoms with Crippen molar-refractivity contribution in [2.45, 2.75) is 6.18 Å². The maximum atomic E-state index is 13.3. The van der Waals surface area contributed by atoms with E-state index in [9.17, 15) is 18.0 Å². The number of nitrogen functional groups attached to an aromatic ring is 1. The van der Waals surface area contributed by atoms with E-state index in [4.69, 9.17) is 10.5 Å². The van der Waals surface area contributed by atoms with Crippen LogP contribution in [0.3, 0.4) is 0 Å². The first-order chi connectivity index (χ1) is 13.2. The first-order valence-electron chi connectivity index (χ1n) is 7.65. The summed E-state index contributed by atoms with van der Waals surface area (Å²) in [7, 11) is 2.56. The monoisotopic (exact) mass is 394 g/mol. The number of esters is 1. The molecule has 2 aromatic heterocycles. The third-order valence-electron chi connectivity index (χ3n) is 3.58. The topological polar surface area (TPSA) is 118 Å². The molecule has 0 saturated carbocycles. The van der Waals surface area contributed by atoms with Crippen LogP contribution in [-0.2, 0) is 10.9 Å². The summed E-state index contributed by atoms with van der Waals surface area (Å²) in [6.45, 7) is 0. The normalized spacial score (nSPS) is 11.3. The lowest BCUT2D eigenvalue weighted by Crippen LogP contribution is -2.15. The number of ether oxygens (including phenoxy) is 2. The Kier molecular flexibility index (Phi) is 4.86. The lowest BCUT2D eigenvalue weighted by Gasteiger charge is -2.11. The third-order valence-corrected chi connectivity index (χ3v) is 3.58. The smallest absolute Gasteiger partial charge is 0.433 e. The van der Waals surface area contributed by atoms with Crippen LogP contribution in [-0.4, -0.2) is 44.9 Å². The Morgan fingerprint density at radius 1 is 1.11 bits per heavy atom. The molecule has 0 amide bonds. The summed E-state index contributed by atoms with van der Waals surface area (Å²) in [6.07, 6.45) is -4.75.